The van der Waals surface area contributed by atoms with E-state index in [9.17, 15) is 24.5 Å². The van der Waals surface area contributed by atoms with Gasteiger partial charge in [0.2, 0.25) is 0 Å². The monoisotopic (exact) mass is 849 g/mol. The third kappa shape index (κ3) is 43.1. The van der Waals surface area contributed by atoms with Gasteiger partial charge in [-0.2, -0.15) is 0 Å². The summed E-state index contributed by atoms with van der Waals surface area (Å²) in [4.78, 5) is 22.9. The van der Waals surface area contributed by atoms with Gasteiger partial charge >= 0.3 is 13.8 Å². The predicted molar refractivity (Wildman–Crippen MR) is 245 cm³/mol. The molecule has 0 aliphatic carbocycles. The summed E-state index contributed by atoms with van der Waals surface area (Å²) in [6, 6.07) is 0. The Hall–Kier alpha value is -2.82. The van der Waals surface area contributed by atoms with E-state index in [1.54, 1.807) is 30.6 Å². The number of ether oxygens (including phenoxy) is 2. The van der Waals surface area contributed by atoms with E-state index in [-0.39, 0.29) is 26.2 Å². The Morgan fingerprint density at radius 2 is 1.27 bits per heavy atom. The van der Waals surface area contributed by atoms with Crippen LogP contribution in [0.4, 0.5) is 0 Å². The van der Waals surface area contributed by atoms with Crippen LogP contribution in [0.5, 0.6) is 0 Å². The number of aliphatic hydroxyl groups is 2. The average Bonchev–Trinajstić information content (AvgIpc) is 3.18. The van der Waals surface area contributed by atoms with Crippen molar-refractivity contribution in [2.45, 2.75) is 154 Å². The second kappa shape index (κ2) is 39.3. The van der Waals surface area contributed by atoms with E-state index in [1.165, 1.54) is 64.2 Å². The van der Waals surface area contributed by atoms with Crippen molar-refractivity contribution in [3.8, 4) is 0 Å². The lowest BCUT2D eigenvalue weighted by molar-refractivity contribution is -0.870. The molecule has 0 aromatic rings. The molecule has 0 aromatic carbocycles. The zero-order valence-electron chi connectivity index (χ0n) is 37.4. The molecule has 0 rings (SSSR count). The van der Waals surface area contributed by atoms with E-state index >= 15 is 0 Å². The lowest BCUT2D eigenvalue weighted by Crippen LogP contribution is -2.37. The number of hydrogen-bond acceptors (Lipinski definition) is 8. The van der Waals surface area contributed by atoms with Crippen molar-refractivity contribution in [2.24, 2.45) is 0 Å². The zero-order chi connectivity index (χ0) is 43.7. The Balaban J connectivity index is 4.58. The number of phosphoric ester groups is 1. The highest BCUT2D eigenvalue weighted by molar-refractivity contribution is 7.47. The molecule has 0 aliphatic rings. The van der Waals surface area contributed by atoms with Gasteiger partial charge in [0.25, 0.3) is 0 Å². The van der Waals surface area contributed by atoms with Crippen LogP contribution < -0.4 is 0 Å². The van der Waals surface area contributed by atoms with Crippen LogP contribution in [0.15, 0.2) is 97.4 Å². The smallest absolute Gasteiger partial charge is 0.472 e. The molecule has 1 unspecified atom stereocenters. The van der Waals surface area contributed by atoms with Gasteiger partial charge in [-0.1, -0.05) is 144 Å². The summed E-state index contributed by atoms with van der Waals surface area (Å²) in [6.07, 6.45) is 47.5. The fraction of sp³-hybridized carbons (Fsp3) is 0.646. The number of esters is 1. The molecular formula is C48H83NO9P+. The van der Waals surface area contributed by atoms with E-state index in [0.29, 0.717) is 30.3 Å². The van der Waals surface area contributed by atoms with Crippen LogP contribution in [-0.4, -0.2) is 91.4 Å². The van der Waals surface area contributed by atoms with Crippen molar-refractivity contribution in [1.29, 1.82) is 0 Å². The van der Waals surface area contributed by atoms with Gasteiger partial charge < -0.3 is 29.1 Å². The number of allylic oxidation sites excluding steroid dienone is 11. The van der Waals surface area contributed by atoms with Crippen molar-refractivity contribution in [3.63, 3.8) is 0 Å². The number of rotatable bonds is 39. The van der Waals surface area contributed by atoms with Crippen molar-refractivity contribution in [3.05, 3.63) is 97.4 Å². The van der Waals surface area contributed by atoms with Crippen molar-refractivity contribution in [2.75, 3.05) is 47.5 Å². The zero-order valence-corrected chi connectivity index (χ0v) is 38.3. The maximum absolute atomic E-state index is 12.7. The van der Waals surface area contributed by atoms with Crippen LogP contribution in [0.1, 0.15) is 136 Å². The van der Waals surface area contributed by atoms with Gasteiger partial charge in [-0.3, -0.25) is 13.8 Å². The van der Waals surface area contributed by atoms with Crippen LogP contribution in [0.25, 0.3) is 0 Å². The summed E-state index contributed by atoms with van der Waals surface area (Å²) in [7, 11) is 1.49. The number of carbonyl (C=O) groups is 1. The Bertz CT molecular complexity index is 1300. The van der Waals surface area contributed by atoms with E-state index in [1.807, 2.05) is 75.8 Å². The van der Waals surface area contributed by atoms with Crippen LogP contribution in [-0.2, 0) is 27.9 Å². The molecule has 3 N–H and O–H groups in total. The van der Waals surface area contributed by atoms with Gasteiger partial charge in [0.05, 0.1) is 46.2 Å². The number of unbranched alkanes of at least 4 members (excludes halogenated alkanes) is 12. The van der Waals surface area contributed by atoms with Gasteiger partial charge in [-0.25, -0.2) is 4.57 Å². The molecule has 11 heteroatoms. The fourth-order valence-corrected chi connectivity index (χ4v) is 6.11. The molecule has 0 amide bonds. The Morgan fingerprint density at radius 1 is 0.661 bits per heavy atom. The minimum absolute atomic E-state index is 0.0319. The molecule has 0 bridgehead atoms. The molecular weight excluding hydrogens is 766 g/mol. The number of quaternary nitrogens is 1. The highest BCUT2D eigenvalue weighted by atomic mass is 31.2. The van der Waals surface area contributed by atoms with Crippen LogP contribution in [0.2, 0.25) is 0 Å². The average molecular weight is 849 g/mol. The van der Waals surface area contributed by atoms with Crippen molar-refractivity contribution >= 4 is 13.8 Å². The minimum atomic E-state index is -4.36. The Morgan fingerprint density at radius 3 is 1.92 bits per heavy atom. The quantitative estimate of drug-likeness (QED) is 0.0105. The van der Waals surface area contributed by atoms with Gasteiger partial charge in [0, 0.05) is 6.42 Å². The highest BCUT2D eigenvalue weighted by Gasteiger charge is 2.26. The summed E-state index contributed by atoms with van der Waals surface area (Å²) in [6.45, 7) is 4.47. The standard InChI is InChI=1S/C48H82NO9P/c1-6-8-10-11-12-13-14-15-16-17-18-19-20-24-27-34-41-55-43-47(44-57-59(53,54)56-42-40-49(3,4)5)58-48(52)39-33-28-32-38-46(51)37-31-26-23-21-22-25-30-36-45(50)35-29-9-7-2/h9,13-14,22-23,25-26,29-32,34,36-38,41,45-47,50-51H,6-8,10-12,15-21,24,27-28,33,35,39-40,42-44H2,1-5H3/p+1/b14-13-,25-22-,26-23-,29-9-,36-30+,37-31+,38-32-,41-34+/t45-,46-,47+/m0/s1. The van der Waals surface area contributed by atoms with Crippen LogP contribution >= 0.6 is 7.82 Å². The first-order valence-corrected chi connectivity index (χ1v) is 23.8. The maximum Gasteiger partial charge on any atom is 0.472 e. The van der Waals surface area contributed by atoms with E-state index < -0.39 is 32.1 Å². The summed E-state index contributed by atoms with van der Waals surface area (Å²) >= 11 is 0. The number of aliphatic hydroxyl groups excluding tert-OH is 2. The van der Waals surface area contributed by atoms with Crippen LogP contribution in [0, 0.1) is 0 Å². The molecule has 0 saturated carbocycles. The van der Waals surface area contributed by atoms with Gasteiger partial charge in [0.15, 0.2) is 6.10 Å². The molecule has 0 aliphatic heterocycles. The largest absolute Gasteiger partial charge is 0.498 e. The Kier molecular flexibility index (Phi) is 37.4. The molecule has 0 heterocycles. The van der Waals surface area contributed by atoms with Gasteiger partial charge in [-0.05, 0) is 76.7 Å². The lowest BCUT2D eigenvalue weighted by atomic mass is 10.1. The molecule has 0 aromatic heterocycles. The van der Waals surface area contributed by atoms with Gasteiger partial charge in [0.1, 0.15) is 19.8 Å². The molecule has 0 radical (unpaired) electrons. The van der Waals surface area contributed by atoms with E-state index in [4.69, 9.17) is 18.5 Å². The maximum atomic E-state index is 12.7. The lowest BCUT2D eigenvalue weighted by Gasteiger charge is -2.24. The molecule has 4 atom stereocenters. The summed E-state index contributed by atoms with van der Waals surface area (Å²) < 4.78 is 34.5. The minimum Gasteiger partial charge on any atom is -0.498 e. The van der Waals surface area contributed by atoms with Crippen LogP contribution in [0.3, 0.4) is 0 Å². The first-order chi connectivity index (χ1) is 28.4. The third-order valence-electron chi connectivity index (χ3n) is 8.87. The number of hydrogen-bond donors (Lipinski definition) is 3. The van der Waals surface area contributed by atoms with Gasteiger partial charge in [-0.15, -0.1) is 0 Å². The predicted octanol–water partition coefficient (Wildman–Crippen LogP) is 11.3. The third-order valence-corrected chi connectivity index (χ3v) is 9.85. The first-order valence-electron chi connectivity index (χ1n) is 22.3. The fourth-order valence-electron chi connectivity index (χ4n) is 5.37. The molecule has 59 heavy (non-hydrogen) atoms. The topological polar surface area (TPSA) is 132 Å². The van der Waals surface area contributed by atoms with Crippen molar-refractivity contribution < 1.29 is 47.5 Å². The molecule has 10 nitrogen and oxygen atoms in total. The normalized spacial score (nSPS) is 15.7. The second-order valence-corrected chi connectivity index (χ2v) is 17.3. The number of nitrogens with zero attached hydrogens (tertiary/aromatic N) is 1. The SMILES string of the molecule is CC/C=C\C[C@H](O)/C=C/C=C\C/C=C\C=C\[C@H](O)/C=C\CCCC(=O)O[C@H](CO/C=C/CCCCCCCC/C=C\CCCCCC)COP(=O)(O)OCC[N+](C)(C)C. The number of carbonyl (C=O) groups excluding carboxylic acids is 1. The number of likely N-dealkylation sites (N-methyl/N-ethyl adjacent to an activating group) is 1. The highest BCUT2D eigenvalue weighted by Crippen LogP contribution is 2.43. The van der Waals surface area contributed by atoms with E-state index in [2.05, 4.69) is 26.0 Å². The van der Waals surface area contributed by atoms with E-state index in [0.717, 1.165) is 32.1 Å². The molecule has 0 fully saturated rings. The molecule has 0 saturated heterocycles. The summed E-state index contributed by atoms with van der Waals surface area (Å²) in [5, 5.41) is 20.1. The molecule has 0 spiro atoms. The summed E-state index contributed by atoms with van der Waals surface area (Å²) in [5.74, 6) is -0.479. The Labute approximate surface area is 359 Å². The first kappa shape index (κ1) is 56.2. The van der Waals surface area contributed by atoms with Crippen molar-refractivity contribution in [1.82, 2.24) is 0 Å². The molecule has 338 valence electrons. The number of phosphoric acid groups is 1. The summed E-state index contributed by atoms with van der Waals surface area (Å²) in [5.41, 5.74) is 0. The second-order valence-electron chi connectivity index (χ2n) is 15.8.